The van der Waals surface area contributed by atoms with Crippen LogP contribution >= 0.6 is 12.4 Å². The fourth-order valence-electron chi connectivity index (χ4n) is 2.54. The highest BCUT2D eigenvalue weighted by Gasteiger charge is 2.13. The van der Waals surface area contributed by atoms with Crippen molar-refractivity contribution in [2.75, 3.05) is 6.54 Å². The molecule has 2 N–H and O–H groups in total. The van der Waals surface area contributed by atoms with Crippen LogP contribution in [0.5, 0.6) is 0 Å². The number of nitrogens with one attached hydrogen (secondary N) is 1. The standard InChI is InChI=1S/C19H22N4O.ClH/c1-15(24)12-20-13-18-19(17-10-6-3-7-11-17)22-23(21-18)14-16-8-4-2-5-9-16;/h2-11,15,20,24H,12-14H2,1H3;1H. The van der Waals surface area contributed by atoms with Crippen molar-refractivity contribution < 1.29 is 5.11 Å². The Bertz CT molecular complexity index is 760. The average Bonchev–Trinajstić information content (AvgIpc) is 2.99. The molecule has 0 radical (unpaired) electrons. The van der Waals surface area contributed by atoms with Crippen LogP contribution in [0.2, 0.25) is 0 Å². The predicted molar refractivity (Wildman–Crippen MR) is 102 cm³/mol. The van der Waals surface area contributed by atoms with Crippen LogP contribution in [0.25, 0.3) is 11.3 Å². The smallest absolute Gasteiger partial charge is 0.117 e. The molecule has 1 unspecified atom stereocenters. The van der Waals surface area contributed by atoms with Gasteiger partial charge in [-0.2, -0.15) is 15.0 Å². The Morgan fingerprint density at radius 1 is 1.00 bits per heavy atom. The lowest BCUT2D eigenvalue weighted by molar-refractivity contribution is 0.191. The maximum Gasteiger partial charge on any atom is 0.117 e. The number of benzene rings is 2. The maximum absolute atomic E-state index is 9.41. The first kappa shape index (κ1) is 19.1. The molecule has 3 rings (SSSR count). The molecular weight excluding hydrogens is 336 g/mol. The number of nitrogens with zero attached hydrogens (tertiary/aromatic N) is 3. The molecule has 132 valence electrons. The third kappa shape index (κ3) is 5.39. The van der Waals surface area contributed by atoms with Crippen molar-refractivity contribution in [1.29, 1.82) is 0 Å². The molecular formula is C19H23ClN4O. The first-order valence-corrected chi connectivity index (χ1v) is 8.14. The van der Waals surface area contributed by atoms with Crippen molar-refractivity contribution >= 4 is 12.4 Å². The molecule has 0 spiro atoms. The summed E-state index contributed by atoms with van der Waals surface area (Å²) in [5.41, 5.74) is 3.98. The fraction of sp³-hybridized carbons (Fsp3) is 0.263. The summed E-state index contributed by atoms with van der Waals surface area (Å²) in [4.78, 5) is 1.73. The number of rotatable bonds is 7. The molecule has 3 aromatic rings. The minimum atomic E-state index is -0.385. The molecule has 1 atom stereocenters. The topological polar surface area (TPSA) is 63.0 Å². The van der Waals surface area contributed by atoms with Gasteiger partial charge in [0.25, 0.3) is 0 Å². The number of hydrogen-bond donors (Lipinski definition) is 2. The van der Waals surface area contributed by atoms with E-state index >= 15 is 0 Å². The second-order valence-electron chi connectivity index (χ2n) is 5.86. The van der Waals surface area contributed by atoms with Crippen molar-refractivity contribution in [2.45, 2.75) is 26.1 Å². The van der Waals surface area contributed by atoms with Gasteiger partial charge in [-0.15, -0.1) is 12.4 Å². The molecule has 1 aromatic heterocycles. The van der Waals surface area contributed by atoms with Gasteiger partial charge in [0.2, 0.25) is 0 Å². The van der Waals surface area contributed by atoms with Crippen LogP contribution in [0.4, 0.5) is 0 Å². The first-order valence-electron chi connectivity index (χ1n) is 8.14. The second-order valence-corrected chi connectivity index (χ2v) is 5.86. The molecule has 0 aliphatic carbocycles. The number of aliphatic hydroxyl groups excluding tert-OH is 1. The molecule has 5 nitrogen and oxygen atoms in total. The Labute approximate surface area is 154 Å². The first-order chi connectivity index (χ1) is 11.7. The van der Waals surface area contributed by atoms with Gasteiger partial charge >= 0.3 is 0 Å². The highest BCUT2D eigenvalue weighted by atomic mass is 35.5. The number of aliphatic hydroxyl groups is 1. The summed E-state index contributed by atoms with van der Waals surface area (Å²) < 4.78 is 0. The van der Waals surface area contributed by atoms with Crippen LogP contribution in [0.1, 0.15) is 18.2 Å². The highest BCUT2D eigenvalue weighted by Crippen LogP contribution is 2.20. The molecule has 0 aliphatic rings. The van der Waals surface area contributed by atoms with Gasteiger partial charge in [-0.05, 0) is 12.5 Å². The van der Waals surface area contributed by atoms with Crippen molar-refractivity contribution in [3.05, 3.63) is 71.9 Å². The summed E-state index contributed by atoms with van der Waals surface area (Å²) in [6, 6.07) is 20.2. The summed E-state index contributed by atoms with van der Waals surface area (Å²) in [5.74, 6) is 0. The van der Waals surface area contributed by atoms with E-state index in [1.54, 1.807) is 11.7 Å². The van der Waals surface area contributed by atoms with E-state index in [0.29, 0.717) is 19.6 Å². The van der Waals surface area contributed by atoms with Crippen molar-refractivity contribution in [3.63, 3.8) is 0 Å². The second kappa shape index (κ2) is 9.32. The van der Waals surface area contributed by atoms with Crippen molar-refractivity contribution in [2.24, 2.45) is 0 Å². The van der Waals surface area contributed by atoms with Gasteiger partial charge in [0.1, 0.15) is 11.4 Å². The van der Waals surface area contributed by atoms with E-state index in [-0.39, 0.29) is 18.5 Å². The van der Waals surface area contributed by atoms with Crippen LogP contribution in [0.15, 0.2) is 60.7 Å². The average molecular weight is 359 g/mol. The Morgan fingerprint density at radius 3 is 2.28 bits per heavy atom. The Hall–Kier alpha value is -2.21. The van der Waals surface area contributed by atoms with E-state index in [0.717, 1.165) is 22.5 Å². The highest BCUT2D eigenvalue weighted by molar-refractivity contribution is 5.85. The van der Waals surface area contributed by atoms with Gasteiger partial charge in [-0.1, -0.05) is 60.7 Å². The lowest BCUT2D eigenvalue weighted by Crippen LogP contribution is -2.24. The SMILES string of the molecule is CC(O)CNCc1nn(Cc2ccccc2)nc1-c1ccccc1.Cl. The van der Waals surface area contributed by atoms with Crippen molar-refractivity contribution in [1.82, 2.24) is 20.3 Å². The lowest BCUT2D eigenvalue weighted by Gasteiger charge is -2.05. The third-order valence-corrected chi connectivity index (χ3v) is 3.67. The summed E-state index contributed by atoms with van der Waals surface area (Å²) >= 11 is 0. The maximum atomic E-state index is 9.41. The van der Waals surface area contributed by atoms with E-state index in [1.807, 2.05) is 48.5 Å². The van der Waals surface area contributed by atoms with E-state index in [1.165, 1.54) is 0 Å². The molecule has 0 amide bonds. The molecule has 0 fully saturated rings. The zero-order valence-corrected chi connectivity index (χ0v) is 15.0. The summed E-state index contributed by atoms with van der Waals surface area (Å²) in [6.45, 7) is 3.50. The van der Waals surface area contributed by atoms with E-state index < -0.39 is 0 Å². The Balaban J connectivity index is 0.00000225. The summed E-state index contributed by atoms with van der Waals surface area (Å²) in [6.07, 6.45) is -0.385. The Kier molecular flexibility index (Phi) is 7.13. The van der Waals surface area contributed by atoms with Crippen LogP contribution in [0, 0.1) is 0 Å². The number of hydrogen-bond acceptors (Lipinski definition) is 4. The normalized spacial score (nSPS) is 11.8. The molecule has 6 heteroatoms. The predicted octanol–water partition coefficient (Wildman–Crippen LogP) is 2.89. The quantitative estimate of drug-likeness (QED) is 0.681. The molecule has 0 saturated heterocycles. The van der Waals surface area contributed by atoms with E-state index in [4.69, 9.17) is 0 Å². The minimum absolute atomic E-state index is 0. The molecule has 0 saturated carbocycles. The van der Waals surface area contributed by atoms with Crippen LogP contribution in [0.3, 0.4) is 0 Å². The molecule has 1 heterocycles. The molecule has 0 bridgehead atoms. The largest absolute Gasteiger partial charge is 0.392 e. The van der Waals surface area contributed by atoms with Crippen LogP contribution in [-0.4, -0.2) is 32.7 Å². The van der Waals surface area contributed by atoms with Gasteiger partial charge in [0.15, 0.2) is 0 Å². The number of halogens is 1. The third-order valence-electron chi connectivity index (χ3n) is 3.67. The van der Waals surface area contributed by atoms with E-state index in [2.05, 4.69) is 27.6 Å². The zero-order valence-electron chi connectivity index (χ0n) is 14.2. The summed E-state index contributed by atoms with van der Waals surface area (Å²) in [5, 5.41) is 22.0. The van der Waals surface area contributed by atoms with Gasteiger partial charge in [0, 0.05) is 18.7 Å². The van der Waals surface area contributed by atoms with E-state index in [9.17, 15) is 5.11 Å². The molecule has 2 aromatic carbocycles. The zero-order chi connectivity index (χ0) is 16.8. The lowest BCUT2D eigenvalue weighted by atomic mass is 10.1. The van der Waals surface area contributed by atoms with Gasteiger partial charge in [0.05, 0.1) is 12.6 Å². The monoisotopic (exact) mass is 358 g/mol. The van der Waals surface area contributed by atoms with Crippen LogP contribution < -0.4 is 5.32 Å². The molecule has 0 aliphatic heterocycles. The van der Waals surface area contributed by atoms with Crippen LogP contribution in [-0.2, 0) is 13.1 Å². The van der Waals surface area contributed by atoms with Gasteiger partial charge < -0.3 is 10.4 Å². The van der Waals surface area contributed by atoms with Gasteiger partial charge in [-0.3, -0.25) is 0 Å². The molecule has 25 heavy (non-hydrogen) atoms. The Morgan fingerprint density at radius 2 is 1.64 bits per heavy atom. The van der Waals surface area contributed by atoms with Crippen molar-refractivity contribution in [3.8, 4) is 11.3 Å². The fourth-order valence-corrected chi connectivity index (χ4v) is 2.54. The van der Waals surface area contributed by atoms with Gasteiger partial charge in [-0.25, -0.2) is 0 Å². The summed E-state index contributed by atoms with van der Waals surface area (Å²) in [7, 11) is 0. The number of aromatic nitrogens is 3. The minimum Gasteiger partial charge on any atom is -0.392 e.